The van der Waals surface area contributed by atoms with Crippen molar-refractivity contribution < 1.29 is 8.42 Å². The Morgan fingerprint density at radius 3 is 2.90 bits per heavy atom. The third kappa shape index (κ3) is 3.85. The standard InChI is InChI=1S/C11H17N5O2S2/c1-9-15-10(8-19-9)5-14-20(17,18)11-6-13-16(7-11)4-3-12-2/h6-8,12,14H,3-5H2,1-2H3. The fourth-order valence-electron chi connectivity index (χ4n) is 1.57. The van der Waals surface area contributed by atoms with Crippen molar-refractivity contribution in [3.8, 4) is 0 Å². The summed E-state index contributed by atoms with van der Waals surface area (Å²) in [6.07, 6.45) is 2.87. The largest absolute Gasteiger partial charge is 0.318 e. The second-order valence-electron chi connectivity index (χ2n) is 4.23. The average Bonchev–Trinajstić information content (AvgIpc) is 3.03. The van der Waals surface area contributed by atoms with Crippen LogP contribution in [0, 0.1) is 6.92 Å². The zero-order valence-electron chi connectivity index (χ0n) is 11.3. The van der Waals surface area contributed by atoms with E-state index in [1.165, 1.54) is 23.7 Å². The summed E-state index contributed by atoms with van der Waals surface area (Å²) in [7, 11) is -1.71. The third-order valence-electron chi connectivity index (χ3n) is 2.62. The van der Waals surface area contributed by atoms with Crippen LogP contribution < -0.4 is 10.0 Å². The van der Waals surface area contributed by atoms with E-state index in [9.17, 15) is 8.42 Å². The van der Waals surface area contributed by atoms with Gasteiger partial charge < -0.3 is 5.32 Å². The van der Waals surface area contributed by atoms with E-state index in [4.69, 9.17) is 0 Å². The average molecular weight is 315 g/mol. The Labute approximate surface area is 122 Å². The number of nitrogens with zero attached hydrogens (tertiary/aromatic N) is 3. The molecule has 0 atom stereocenters. The lowest BCUT2D eigenvalue weighted by molar-refractivity contribution is 0.575. The second-order valence-corrected chi connectivity index (χ2v) is 7.05. The molecule has 7 nitrogen and oxygen atoms in total. The van der Waals surface area contributed by atoms with E-state index in [0.29, 0.717) is 6.54 Å². The number of hydrogen-bond donors (Lipinski definition) is 2. The lowest BCUT2D eigenvalue weighted by Gasteiger charge is -2.02. The fraction of sp³-hybridized carbons (Fsp3) is 0.455. The molecule has 0 amide bonds. The lowest BCUT2D eigenvalue weighted by atomic mass is 10.5. The number of likely N-dealkylation sites (N-methyl/N-ethyl adjacent to an activating group) is 1. The van der Waals surface area contributed by atoms with Gasteiger partial charge in [-0.2, -0.15) is 5.10 Å². The molecular weight excluding hydrogens is 298 g/mol. The van der Waals surface area contributed by atoms with Crippen LogP contribution in [0.4, 0.5) is 0 Å². The summed E-state index contributed by atoms with van der Waals surface area (Å²) in [5.41, 5.74) is 0.721. The van der Waals surface area contributed by atoms with Gasteiger partial charge in [0.05, 0.1) is 30.0 Å². The van der Waals surface area contributed by atoms with E-state index in [2.05, 4.69) is 20.1 Å². The monoisotopic (exact) mass is 315 g/mol. The van der Waals surface area contributed by atoms with Crippen LogP contribution in [0.2, 0.25) is 0 Å². The van der Waals surface area contributed by atoms with E-state index in [-0.39, 0.29) is 11.4 Å². The summed E-state index contributed by atoms with van der Waals surface area (Å²) < 4.78 is 28.3. The first kappa shape index (κ1) is 15.1. The molecule has 9 heteroatoms. The van der Waals surface area contributed by atoms with Gasteiger partial charge in [-0.05, 0) is 14.0 Å². The summed E-state index contributed by atoms with van der Waals surface area (Å²) in [6.45, 7) is 3.42. The zero-order chi connectivity index (χ0) is 14.6. The molecule has 0 saturated heterocycles. The van der Waals surface area contributed by atoms with E-state index in [1.54, 1.807) is 4.68 Å². The first-order chi connectivity index (χ1) is 9.51. The van der Waals surface area contributed by atoms with Gasteiger partial charge in [0.2, 0.25) is 10.0 Å². The van der Waals surface area contributed by atoms with Crippen LogP contribution in [0.3, 0.4) is 0 Å². The topological polar surface area (TPSA) is 88.9 Å². The number of sulfonamides is 1. The Morgan fingerprint density at radius 1 is 1.45 bits per heavy atom. The minimum absolute atomic E-state index is 0.167. The Balaban J connectivity index is 2.00. The van der Waals surface area contributed by atoms with Crippen molar-refractivity contribution in [2.24, 2.45) is 0 Å². The third-order valence-corrected chi connectivity index (χ3v) is 4.80. The van der Waals surface area contributed by atoms with Gasteiger partial charge in [-0.1, -0.05) is 0 Å². The first-order valence-corrected chi connectivity index (χ1v) is 8.45. The van der Waals surface area contributed by atoms with Gasteiger partial charge in [-0.15, -0.1) is 11.3 Å². The van der Waals surface area contributed by atoms with Crippen molar-refractivity contribution in [2.75, 3.05) is 13.6 Å². The van der Waals surface area contributed by atoms with E-state index in [0.717, 1.165) is 17.2 Å². The van der Waals surface area contributed by atoms with E-state index in [1.807, 2.05) is 19.4 Å². The van der Waals surface area contributed by atoms with Crippen LogP contribution >= 0.6 is 11.3 Å². The first-order valence-electron chi connectivity index (χ1n) is 6.09. The zero-order valence-corrected chi connectivity index (χ0v) is 13.0. The number of hydrogen-bond acceptors (Lipinski definition) is 6. The van der Waals surface area contributed by atoms with E-state index < -0.39 is 10.0 Å². The Hall–Kier alpha value is -1.29. The van der Waals surface area contributed by atoms with Crippen molar-refractivity contribution in [3.63, 3.8) is 0 Å². The number of aryl methyl sites for hydroxylation is 1. The van der Waals surface area contributed by atoms with Crippen molar-refractivity contribution in [2.45, 2.75) is 24.9 Å². The quantitative estimate of drug-likeness (QED) is 0.769. The van der Waals surface area contributed by atoms with Crippen LogP contribution in [0.15, 0.2) is 22.7 Å². The van der Waals surface area contributed by atoms with Gasteiger partial charge in [-0.25, -0.2) is 18.1 Å². The highest BCUT2D eigenvalue weighted by Crippen LogP contribution is 2.10. The molecule has 2 heterocycles. The minimum atomic E-state index is -3.54. The maximum absolute atomic E-state index is 12.1. The van der Waals surface area contributed by atoms with Crippen LogP contribution in [0.1, 0.15) is 10.7 Å². The van der Waals surface area contributed by atoms with Crippen molar-refractivity contribution in [1.29, 1.82) is 0 Å². The van der Waals surface area contributed by atoms with Gasteiger partial charge in [0.25, 0.3) is 0 Å². The summed E-state index contributed by atoms with van der Waals surface area (Å²) in [5, 5.41) is 9.76. The SMILES string of the molecule is CNCCn1cc(S(=O)(=O)NCc2csc(C)n2)cn1. The smallest absolute Gasteiger partial charge is 0.244 e. The second kappa shape index (κ2) is 6.44. The molecule has 2 aromatic rings. The van der Waals surface area contributed by atoms with Gasteiger partial charge in [0.15, 0.2) is 0 Å². The van der Waals surface area contributed by atoms with Crippen LogP contribution in [-0.2, 0) is 23.1 Å². The molecule has 110 valence electrons. The number of aromatic nitrogens is 3. The van der Waals surface area contributed by atoms with Crippen molar-refractivity contribution >= 4 is 21.4 Å². The number of nitrogens with one attached hydrogen (secondary N) is 2. The highest BCUT2D eigenvalue weighted by molar-refractivity contribution is 7.89. The molecular formula is C11H17N5O2S2. The minimum Gasteiger partial charge on any atom is -0.318 e. The molecule has 2 aromatic heterocycles. The van der Waals surface area contributed by atoms with Crippen LogP contribution in [0.5, 0.6) is 0 Å². The summed E-state index contributed by atoms with van der Waals surface area (Å²) >= 11 is 1.49. The maximum Gasteiger partial charge on any atom is 0.244 e. The fourth-order valence-corrected chi connectivity index (χ4v) is 3.14. The molecule has 0 unspecified atom stereocenters. The van der Waals surface area contributed by atoms with Crippen LogP contribution in [0.25, 0.3) is 0 Å². The molecule has 2 rings (SSSR count). The van der Waals surface area contributed by atoms with Crippen molar-refractivity contribution in [1.82, 2.24) is 24.8 Å². The molecule has 0 bridgehead atoms. The summed E-state index contributed by atoms with van der Waals surface area (Å²) in [4.78, 5) is 4.38. The summed E-state index contributed by atoms with van der Waals surface area (Å²) in [6, 6.07) is 0. The molecule has 0 aliphatic rings. The molecule has 0 aliphatic carbocycles. The molecule has 0 aromatic carbocycles. The predicted octanol–water partition coefficient (Wildman–Crippen LogP) is 0.346. The van der Waals surface area contributed by atoms with Gasteiger partial charge >= 0.3 is 0 Å². The lowest BCUT2D eigenvalue weighted by Crippen LogP contribution is -2.23. The maximum atomic E-state index is 12.1. The Bertz CT molecular complexity index is 662. The molecule has 0 fully saturated rings. The predicted molar refractivity (Wildman–Crippen MR) is 77.0 cm³/mol. The molecule has 0 spiro atoms. The molecule has 20 heavy (non-hydrogen) atoms. The van der Waals surface area contributed by atoms with Crippen LogP contribution in [-0.4, -0.2) is 36.8 Å². The summed E-state index contributed by atoms with van der Waals surface area (Å²) in [5.74, 6) is 0. The Morgan fingerprint density at radius 2 is 2.25 bits per heavy atom. The van der Waals surface area contributed by atoms with Gasteiger partial charge in [-0.3, -0.25) is 4.68 Å². The number of thiazole rings is 1. The molecule has 0 radical (unpaired) electrons. The molecule has 2 N–H and O–H groups in total. The molecule has 0 aliphatic heterocycles. The van der Waals surface area contributed by atoms with Gasteiger partial charge in [0.1, 0.15) is 4.90 Å². The van der Waals surface area contributed by atoms with Crippen molar-refractivity contribution in [3.05, 3.63) is 28.5 Å². The Kier molecular flexibility index (Phi) is 4.86. The molecule has 0 saturated carbocycles. The van der Waals surface area contributed by atoms with E-state index >= 15 is 0 Å². The highest BCUT2D eigenvalue weighted by Gasteiger charge is 2.16. The normalized spacial score (nSPS) is 11.9. The van der Waals surface area contributed by atoms with Gasteiger partial charge in [0, 0.05) is 18.1 Å². The number of rotatable bonds is 7. The highest BCUT2D eigenvalue weighted by atomic mass is 32.2.